The summed E-state index contributed by atoms with van der Waals surface area (Å²) >= 11 is 6.10. The lowest BCUT2D eigenvalue weighted by atomic mass is 10.0. The molecule has 0 spiro atoms. The van der Waals surface area contributed by atoms with Gasteiger partial charge in [0.2, 0.25) is 0 Å². The van der Waals surface area contributed by atoms with E-state index in [4.69, 9.17) is 25.6 Å². The number of ether oxygens (including phenoxy) is 2. The minimum Gasteiger partial charge on any atom is -0.497 e. The molecule has 29 heavy (non-hydrogen) atoms. The molecule has 3 aromatic rings. The van der Waals surface area contributed by atoms with E-state index < -0.39 is 11.7 Å². The SMILES string of the molecule is COc1ccc(OCCCNC(=O)c2c(-c3c(F)cccc3Cl)noc2C)cc1. The van der Waals surface area contributed by atoms with Gasteiger partial charge in [0.1, 0.15) is 34.3 Å². The van der Waals surface area contributed by atoms with Crippen molar-refractivity contribution >= 4 is 17.5 Å². The van der Waals surface area contributed by atoms with Gasteiger partial charge in [0.15, 0.2) is 0 Å². The Labute approximate surface area is 172 Å². The standard InChI is InChI=1S/C21H20ClFN2O4/c1-13-18(20(25-29-13)19-16(22)5-3-6-17(19)23)21(26)24-11-4-12-28-15-9-7-14(27-2)8-10-15/h3,5-10H,4,11-12H2,1-2H3,(H,24,26). The van der Waals surface area contributed by atoms with E-state index in [0.717, 1.165) is 5.75 Å². The first-order valence-electron chi connectivity index (χ1n) is 8.97. The summed E-state index contributed by atoms with van der Waals surface area (Å²) in [7, 11) is 1.60. The van der Waals surface area contributed by atoms with E-state index in [9.17, 15) is 9.18 Å². The molecule has 6 nitrogen and oxygen atoms in total. The number of hydrogen-bond donors (Lipinski definition) is 1. The quantitative estimate of drug-likeness (QED) is 0.539. The molecule has 0 atom stereocenters. The molecule has 0 bridgehead atoms. The van der Waals surface area contributed by atoms with Gasteiger partial charge in [-0.05, 0) is 49.7 Å². The van der Waals surface area contributed by atoms with Crippen molar-refractivity contribution in [2.24, 2.45) is 0 Å². The number of carbonyl (C=O) groups is 1. The average molecular weight is 419 g/mol. The third kappa shape index (κ3) is 4.86. The molecule has 0 aliphatic rings. The molecule has 152 valence electrons. The molecule has 0 saturated carbocycles. The first-order chi connectivity index (χ1) is 14.0. The predicted molar refractivity (Wildman–Crippen MR) is 107 cm³/mol. The summed E-state index contributed by atoms with van der Waals surface area (Å²) in [6.45, 7) is 2.37. The van der Waals surface area contributed by atoms with Gasteiger partial charge < -0.3 is 19.3 Å². The highest BCUT2D eigenvalue weighted by molar-refractivity contribution is 6.33. The van der Waals surface area contributed by atoms with Crippen LogP contribution in [0, 0.1) is 12.7 Å². The van der Waals surface area contributed by atoms with Gasteiger partial charge in [-0.2, -0.15) is 0 Å². The van der Waals surface area contributed by atoms with E-state index in [-0.39, 0.29) is 27.6 Å². The molecule has 0 radical (unpaired) electrons. The van der Waals surface area contributed by atoms with Crippen LogP contribution in [0.3, 0.4) is 0 Å². The number of halogens is 2. The van der Waals surface area contributed by atoms with Crippen LogP contribution in [-0.2, 0) is 0 Å². The molecule has 0 fully saturated rings. The van der Waals surface area contributed by atoms with Crippen LogP contribution in [0.2, 0.25) is 5.02 Å². The Bertz CT molecular complexity index is 969. The Hall–Kier alpha value is -3.06. The molecule has 1 N–H and O–H groups in total. The Morgan fingerprint density at radius 1 is 1.21 bits per heavy atom. The fourth-order valence-corrected chi connectivity index (χ4v) is 3.01. The maximum Gasteiger partial charge on any atom is 0.257 e. The molecule has 0 aliphatic carbocycles. The number of aromatic nitrogens is 1. The zero-order valence-corrected chi connectivity index (χ0v) is 16.8. The number of hydrogen-bond acceptors (Lipinski definition) is 5. The molecule has 1 heterocycles. The Kier molecular flexibility index (Phi) is 6.72. The largest absolute Gasteiger partial charge is 0.497 e. The lowest BCUT2D eigenvalue weighted by Gasteiger charge is -2.09. The molecular weight excluding hydrogens is 399 g/mol. The van der Waals surface area contributed by atoms with Gasteiger partial charge in [-0.15, -0.1) is 0 Å². The summed E-state index contributed by atoms with van der Waals surface area (Å²) in [5.74, 6) is 0.754. The van der Waals surface area contributed by atoms with E-state index in [2.05, 4.69) is 10.5 Å². The topological polar surface area (TPSA) is 73.6 Å². The third-order valence-corrected chi connectivity index (χ3v) is 4.54. The highest BCUT2D eigenvalue weighted by Gasteiger charge is 2.25. The third-order valence-electron chi connectivity index (χ3n) is 4.22. The maximum atomic E-state index is 14.2. The van der Waals surface area contributed by atoms with Gasteiger partial charge in [0.25, 0.3) is 5.91 Å². The van der Waals surface area contributed by atoms with E-state index >= 15 is 0 Å². The number of rotatable bonds is 8. The van der Waals surface area contributed by atoms with Gasteiger partial charge in [-0.1, -0.05) is 22.8 Å². The predicted octanol–water partition coefficient (Wildman–Crippen LogP) is 4.65. The Morgan fingerprint density at radius 2 is 1.93 bits per heavy atom. The summed E-state index contributed by atoms with van der Waals surface area (Å²) in [6, 6.07) is 11.5. The van der Waals surface area contributed by atoms with Gasteiger partial charge in [-0.3, -0.25) is 4.79 Å². The lowest BCUT2D eigenvalue weighted by molar-refractivity contribution is 0.0950. The van der Waals surface area contributed by atoms with E-state index in [1.165, 1.54) is 18.2 Å². The van der Waals surface area contributed by atoms with Crippen molar-refractivity contribution in [2.75, 3.05) is 20.3 Å². The molecule has 2 aromatic carbocycles. The number of carbonyl (C=O) groups excluding carboxylic acids is 1. The minimum absolute atomic E-state index is 0.0407. The molecule has 1 aromatic heterocycles. The van der Waals surface area contributed by atoms with Crippen molar-refractivity contribution in [3.05, 3.63) is 64.6 Å². The maximum absolute atomic E-state index is 14.2. The van der Waals surface area contributed by atoms with E-state index in [0.29, 0.717) is 25.3 Å². The van der Waals surface area contributed by atoms with Crippen LogP contribution in [0.4, 0.5) is 4.39 Å². The number of nitrogens with zero attached hydrogens (tertiary/aromatic N) is 1. The van der Waals surface area contributed by atoms with Crippen molar-refractivity contribution in [1.29, 1.82) is 0 Å². The molecule has 0 aliphatic heterocycles. The average Bonchev–Trinajstić information content (AvgIpc) is 3.09. The van der Waals surface area contributed by atoms with Crippen LogP contribution < -0.4 is 14.8 Å². The molecule has 8 heteroatoms. The van der Waals surface area contributed by atoms with Crippen LogP contribution in [0.25, 0.3) is 11.3 Å². The fourth-order valence-electron chi connectivity index (χ4n) is 2.76. The molecule has 0 saturated heterocycles. The van der Waals surface area contributed by atoms with Crippen molar-refractivity contribution in [3.8, 4) is 22.8 Å². The highest BCUT2D eigenvalue weighted by Crippen LogP contribution is 2.33. The minimum atomic E-state index is -0.576. The first kappa shape index (κ1) is 20.7. The number of benzene rings is 2. The smallest absolute Gasteiger partial charge is 0.257 e. The molecule has 3 rings (SSSR count). The lowest BCUT2D eigenvalue weighted by Crippen LogP contribution is -2.26. The van der Waals surface area contributed by atoms with Crippen LogP contribution in [-0.4, -0.2) is 31.3 Å². The summed E-state index contributed by atoms with van der Waals surface area (Å²) in [6.07, 6.45) is 0.581. The van der Waals surface area contributed by atoms with E-state index in [1.807, 2.05) is 12.1 Å². The number of nitrogens with one attached hydrogen (secondary N) is 1. The molecule has 1 amide bonds. The number of amides is 1. The summed E-state index contributed by atoms with van der Waals surface area (Å²) < 4.78 is 30.1. The zero-order valence-electron chi connectivity index (χ0n) is 16.0. The fraction of sp³-hybridized carbons (Fsp3) is 0.238. The summed E-state index contributed by atoms with van der Waals surface area (Å²) in [4.78, 5) is 12.6. The highest BCUT2D eigenvalue weighted by atomic mass is 35.5. The number of aryl methyl sites for hydroxylation is 1. The van der Waals surface area contributed by atoms with Crippen LogP contribution in [0.1, 0.15) is 22.5 Å². The van der Waals surface area contributed by atoms with Crippen LogP contribution >= 0.6 is 11.6 Å². The van der Waals surface area contributed by atoms with Gasteiger partial charge in [0.05, 0.1) is 24.3 Å². The zero-order chi connectivity index (χ0) is 20.8. The van der Waals surface area contributed by atoms with Gasteiger partial charge in [0, 0.05) is 6.54 Å². The Morgan fingerprint density at radius 3 is 2.62 bits per heavy atom. The van der Waals surface area contributed by atoms with Crippen molar-refractivity contribution in [2.45, 2.75) is 13.3 Å². The normalized spacial score (nSPS) is 10.6. The van der Waals surface area contributed by atoms with Crippen LogP contribution in [0.15, 0.2) is 47.0 Å². The summed E-state index contributed by atoms with van der Waals surface area (Å²) in [5, 5.41) is 6.76. The summed E-state index contributed by atoms with van der Waals surface area (Å²) in [5.41, 5.74) is 0.282. The first-order valence-corrected chi connectivity index (χ1v) is 9.34. The van der Waals surface area contributed by atoms with Gasteiger partial charge in [-0.25, -0.2) is 4.39 Å². The van der Waals surface area contributed by atoms with Crippen molar-refractivity contribution < 1.29 is 23.2 Å². The van der Waals surface area contributed by atoms with Crippen molar-refractivity contribution in [3.63, 3.8) is 0 Å². The second kappa shape index (κ2) is 9.43. The molecular formula is C21H20ClFN2O4. The Balaban J connectivity index is 1.58. The second-order valence-electron chi connectivity index (χ2n) is 6.19. The van der Waals surface area contributed by atoms with E-state index in [1.54, 1.807) is 26.2 Å². The number of methoxy groups -OCH3 is 1. The monoisotopic (exact) mass is 418 g/mol. The molecule has 0 unspecified atom stereocenters. The van der Waals surface area contributed by atoms with Gasteiger partial charge >= 0.3 is 0 Å². The van der Waals surface area contributed by atoms with Crippen LogP contribution in [0.5, 0.6) is 11.5 Å². The second-order valence-corrected chi connectivity index (χ2v) is 6.60. The van der Waals surface area contributed by atoms with Crippen molar-refractivity contribution in [1.82, 2.24) is 10.5 Å².